The van der Waals surface area contributed by atoms with E-state index in [9.17, 15) is 4.79 Å². The van der Waals surface area contributed by atoms with Crippen LogP contribution in [0.25, 0.3) is 0 Å². The van der Waals surface area contributed by atoms with Crippen LogP contribution in [0.1, 0.15) is 68.1 Å². The average molecular weight is 598 g/mol. The van der Waals surface area contributed by atoms with Crippen molar-refractivity contribution in [3.05, 3.63) is 65.7 Å². The fraction of sp³-hybridized carbons (Fsp3) is 0.545. The number of fused-ring (bicyclic) bond motifs is 1. The summed E-state index contributed by atoms with van der Waals surface area (Å²) in [6, 6.07) is 12.2. The van der Waals surface area contributed by atoms with Crippen LogP contribution < -0.4 is 19.7 Å². The molecule has 2 aromatic rings. The van der Waals surface area contributed by atoms with E-state index < -0.39 is 0 Å². The molecular weight excluding hydrogens is 546 g/mol. The molecule has 2 aliphatic heterocycles. The minimum absolute atomic E-state index is 0.0368. The molecule has 42 heavy (non-hydrogen) atoms. The Labute approximate surface area is 257 Å². The number of amides is 1. The Morgan fingerprint density at radius 1 is 1.12 bits per heavy atom. The summed E-state index contributed by atoms with van der Waals surface area (Å²) in [6.45, 7) is 17.3. The molecule has 0 aliphatic carbocycles. The van der Waals surface area contributed by atoms with E-state index in [4.69, 9.17) is 9.47 Å². The van der Waals surface area contributed by atoms with E-state index in [0.29, 0.717) is 23.3 Å². The molecule has 1 N–H and O–H groups in total. The van der Waals surface area contributed by atoms with E-state index >= 15 is 0 Å². The Morgan fingerprint density at radius 2 is 1.83 bits per heavy atom. The molecule has 4 rings (SSSR count). The number of carbonyl (C=O) groups excluding carboxylic acids is 1. The number of azo groups is 1. The van der Waals surface area contributed by atoms with Crippen molar-refractivity contribution >= 4 is 23.4 Å². The predicted octanol–water partition coefficient (Wildman–Crippen LogP) is 7.01. The second-order valence-electron chi connectivity index (χ2n) is 9.72. The van der Waals surface area contributed by atoms with E-state index in [1.807, 2.05) is 62.9 Å². The number of nitrogens with zero attached hydrogens (tertiary/aromatic N) is 4. The highest BCUT2D eigenvalue weighted by Crippen LogP contribution is 2.40. The molecule has 0 radical (unpaired) electrons. The summed E-state index contributed by atoms with van der Waals surface area (Å²) in [6.07, 6.45) is 3.87. The van der Waals surface area contributed by atoms with Crippen LogP contribution in [0.4, 0.5) is 5.69 Å². The van der Waals surface area contributed by atoms with Gasteiger partial charge < -0.3 is 24.6 Å². The molecule has 1 saturated heterocycles. The van der Waals surface area contributed by atoms with Crippen LogP contribution in [-0.4, -0.2) is 75.8 Å². The van der Waals surface area contributed by atoms with Gasteiger partial charge in [-0.3, -0.25) is 4.79 Å². The molecule has 9 heteroatoms. The maximum Gasteiger partial charge on any atom is 0.255 e. The quantitative estimate of drug-likeness (QED) is 0.161. The Bertz CT molecular complexity index is 1140. The number of carbonyl (C=O) groups is 1. The summed E-state index contributed by atoms with van der Waals surface area (Å²) in [4.78, 5) is 18.2. The summed E-state index contributed by atoms with van der Waals surface area (Å²) in [5.74, 6) is 2.53. The first-order chi connectivity index (χ1) is 20.5. The second-order valence-corrected chi connectivity index (χ2v) is 11.2. The lowest BCUT2D eigenvalue weighted by atomic mass is 10.00. The standard InChI is InChI=1S/C28H37N3O3S.C3H8N2.C2H6/c1-5-20(2)35-17-7-10-24(21-11-12-26(33-3)27(18-21)34-4)31-19-23-22(28(31)32)8-6-9-25(23)30-15-13-29-14-16-30;1-3-5-4-2;1-2/h5-6,8-9,11-12,18,20,24,29H,1,7,10,13-17,19H2,2-4H3;3H2,1-2H3;1-2H3/t20?,24-;;/m1../s1. The Balaban J connectivity index is 0.000000797. The van der Waals surface area contributed by atoms with Crippen molar-refractivity contribution in [2.24, 2.45) is 10.2 Å². The van der Waals surface area contributed by atoms with Gasteiger partial charge in [-0.25, -0.2) is 0 Å². The minimum Gasteiger partial charge on any atom is -0.493 e. The summed E-state index contributed by atoms with van der Waals surface area (Å²) in [5, 5.41) is 10.9. The summed E-state index contributed by atoms with van der Waals surface area (Å²) in [5.41, 5.74) is 4.26. The van der Waals surface area contributed by atoms with Crippen LogP contribution in [0.5, 0.6) is 11.5 Å². The van der Waals surface area contributed by atoms with Gasteiger partial charge in [-0.15, -0.1) is 6.58 Å². The number of piperazine rings is 1. The van der Waals surface area contributed by atoms with E-state index in [-0.39, 0.29) is 11.9 Å². The average Bonchev–Trinajstić information content (AvgIpc) is 3.38. The van der Waals surface area contributed by atoms with Gasteiger partial charge in [0.05, 0.1) is 26.8 Å². The molecule has 2 heterocycles. The molecule has 232 valence electrons. The van der Waals surface area contributed by atoms with Gasteiger partial charge in [0.1, 0.15) is 0 Å². The third kappa shape index (κ3) is 9.49. The lowest BCUT2D eigenvalue weighted by Crippen LogP contribution is -2.43. The maximum absolute atomic E-state index is 13.7. The first-order valence-electron chi connectivity index (χ1n) is 15.1. The molecule has 8 nitrogen and oxygen atoms in total. The Kier molecular flexibility index (Phi) is 16.1. The fourth-order valence-electron chi connectivity index (χ4n) is 5.11. The zero-order valence-corrected chi connectivity index (χ0v) is 27.5. The van der Waals surface area contributed by atoms with Crippen molar-refractivity contribution in [3.63, 3.8) is 0 Å². The predicted molar refractivity (Wildman–Crippen MR) is 178 cm³/mol. The fourth-order valence-corrected chi connectivity index (χ4v) is 5.95. The number of benzene rings is 2. The van der Waals surface area contributed by atoms with Crippen molar-refractivity contribution in [2.45, 2.75) is 58.4 Å². The Morgan fingerprint density at radius 3 is 2.43 bits per heavy atom. The largest absolute Gasteiger partial charge is 0.493 e. The van der Waals surface area contributed by atoms with Crippen LogP contribution in [0.2, 0.25) is 0 Å². The minimum atomic E-state index is -0.0368. The molecule has 0 spiro atoms. The van der Waals surface area contributed by atoms with Crippen molar-refractivity contribution in [1.29, 1.82) is 0 Å². The van der Waals surface area contributed by atoms with E-state index in [0.717, 1.165) is 68.0 Å². The lowest BCUT2D eigenvalue weighted by molar-refractivity contribution is 0.0690. The van der Waals surface area contributed by atoms with Crippen molar-refractivity contribution in [3.8, 4) is 11.5 Å². The topological polar surface area (TPSA) is 78.8 Å². The van der Waals surface area contributed by atoms with Crippen molar-refractivity contribution in [1.82, 2.24) is 10.2 Å². The van der Waals surface area contributed by atoms with Gasteiger partial charge in [0, 0.05) is 61.8 Å². The Hall–Kier alpha value is -3.04. The first-order valence-corrected chi connectivity index (χ1v) is 16.1. The third-order valence-corrected chi connectivity index (χ3v) is 8.46. The normalized spacial score (nSPS) is 15.6. The van der Waals surface area contributed by atoms with Gasteiger partial charge in [-0.1, -0.05) is 32.1 Å². The van der Waals surface area contributed by atoms with Crippen molar-refractivity contribution < 1.29 is 14.3 Å². The molecule has 1 fully saturated rings. The van der Waals surface area contributed by atoms with Gasteiger partial charge in [-0.2, -0.15) is 22.0 Å². The van der Waals surface area contributed by atoms with Crippen LogP contribution in [0.15, 0.2) is 59.3 Å². The van der Waals surface area contributed by atoms with Gasteiger partial charge in [0.25, 0.3) is 5.91 Å². The lowest BCUT2D eigenvalue weighted by Gasteiger charge is -2.32. The van der Waals surface area contributed by atoms with Crippen LogP contribution in [-0.2, 0) is 6.54 Å². The van der Waals surface area contributed by atoms with E-state index in [1.54, 1.807) is 21.3 Å². The molecule has 0 aromatic heterocycles. The zero-order chi connectivity index (χ0) is 30.9. The molecule has 2 aromatic carbocycles. The number of ether oxygens (including phenoxy) is 2. The van der Waals surface area contributed by atoms with Gasteiger partial charge in [-0.05, 0) is 62.3 Å². The SMILES string of the molecule is C=CC(C)SCCC[C@H](c1ccc(OC)c(OC)c1)N1Cc2c(cccc2N2CCNCC2)C1=O.CC.CCN=NC. The number of hydrogen-bond acceptors (Lipinski definition) is 8. The number of anilines is 1. The highest BCUT2D eigenvalue weighted by Gasteiger charge is 2.36. The van der Waals surface area contributed by atoms with Gasteiger partial charge in [0.2, 0.25) is 0 Å². The summed E-state index contributed by atoms with van der Waals surface area (Å²) >= 11 is 1.90. The van der Waals surface area contributed by atoms with Gasteiger partial charge >= 0.3 is 0 Å². The summed E-state index contributed by atoms with van der Waals surface area (Å²) < 4.78 is 11.1. The van der Waals surface area contributed by atoms with E-state index in [2.05, 4.69) is 51.0 Å². The highest BCUT2D eigenvalue weighted by atomic mass is 32.2. The monoisotopic (exact) mass is 597 g/mol. The zero-order valence-electron chi connectivity index (χ0n) is 26.7. The van der Waals surface area contributed by atoms with Crippen LogP contribution in [0.3, 0.4) is 0 Å². The maximum atomic E-state index is 13.7. The van der Waals surface area contributed by atoms with Crippen molar-refractivity contribution in [2.75, 3.05) is 64.6 Å². The van der Waals surface area contributed by atoms with E-state index in [1.165, 1.54) is 5.69 Å². The van der Waals surface area contributed by atoms with Crippen LogP contribution in [0, 0.1) is 0 Å². The molecule has 0 saturated carbocycles. The van der Waals surface area contributed by atoms with Crippen LogP contribution >= 0.6 is 11.8 Å². The number of nitrogens with one attached hydrogen (secondary N) is 1. The number of thioether (sulfide) groups is 1. The smallest absolute Gasteiger partial charge is 0.255 e. The first kappa shape index (κ1) is 35.2. The highest BCUT2D eigenvalue weighted by molar-refractivity contribution is 8.00. The third-order valence-electron chi connectivity index (χ3n) is 7.21. The molecular formula is C33H51N5O3S. The van der Waals surface area contributed by atoms with Gasteiger partial charge in [0.15, 0.2) is 11.5 Å². The number of hydrogen-bond donors (Lipinski definition) is 1. The molecule has 0 bridgehead atoms. The summed E-state index contributed by atoms with van der Waals surface area (Å²) in [7, 11) is 4.97. The molecule has 1 unspecified atom stereocenters. The molecule has 2 atom stereocenters. The number of methoxy groups -OCH3 is 2. The number of rotatable bonds is 12. The molecule has 1 amide bonds. The molecule has 2 aliphatic rings. The second kappa shape index (κ2) is 19.2.